The van der Waals surface area contributed by atoms with Crippen molar-refractivity contribution >= 4 is 0 Å². The molecular weight excluding hydrogens is 257 g/mol. The Hall–Kier alpha value is -1.11. The highest BCUT2D eigenvalue weighted by molar-refractivity contribution is 5.34. The number of nitrogens with one attached hydrogen (secondary N) is 1. The third kappa shape index (κ3) is 3.92. The van der Waals surface area contributed by atoms with Crippen LogP contribution in [0.15, 0.2) is 18.2 Å². The Labute approximate surface area is 109 Å². The summed E-state index contributed by atoms with van der Waals surface area (Å²) in [6, 6.07) is 5.55. The van der Waals surface area contributed by atoms with Gasteiger partial charge in [-0.25, -0.2) is 0 Å². The lowest BCUT2D eigenvalue weighted by molar-refractivity contribution is -0.135. The molecule has 0 amide bonds. The zero-order valence-electron chi connectivity index (χ0n) is 10.5. The monoisotopic (exact) mass is 274 g/mol. The van der Waals surface area contributed by atoms with Gasteiger partial charge in [0.25, 0.3) is 0 Å². The maximum absolute atomic E-state index is 12.1. The van der Waals surface area contributed by atoms with E-state index in [1.165, 1.54) is 0 Å². The SMILES string of the molecule is NNC(CCCC(F)(F)F)c1ccc2c(c1)COC2. The molecule has 0 bridgehead atoms. The molecule has 6 heteroatoms. The molecule has 1 aliphatic rings. The summed E-state index contributed by atoms with van der Waals surface area (Å²) in [7, 11) is 0. The van der Waals surface area contributed by atoms with Gasteiger partial charge in [-0.05, 0) is 29.5 Å². The molecule has 0 spiro atoms. The lowest BCUT2D eigenvalue weighted by Crippen LogP contribution is -2.28. The Balaban J connectivity index is 1.97. The van der Waals surface area contributed by atoms with Gasteiger partial charge < -0.3 is 4.74 Å². The Bertz CT molecular complexity index is 434. The summed E-state index contributed by atoms with van der Waals surface area (Å²) in [6.07, 6.45) is -4.47. The second-order valence-corrected chi connectivity index (χ2v) is 4.75. The van der Waals surface area contributed by atoms with E-state index >= 15 is 0 Å². The molecule has 1 atom stereocenters. The molecule has 2 rings (SSSR count). The van der Waals surface area contributed by atoms with Crippen molar-refractivity contribution < 1.29 is 17.9 Å². The molecule has 106 valence electrons. The number of ether oxygens (including phenoxy) is 1. The van der Waals surface area contributed by atoms with Gasteiger partial charge in [-0.1, -0.05) is 18.2 Å². The summed E-state index contributed by atoms with van der Waals surface area (Å²) in [5.74, 6) is 5.44. The van der Waals surface area contributed by atoms with Gasteiger partial charge in [0.15, 0.2) is 0 Å². The first kappa shape index (κ1) is 14.3. The van der Waals surface area contributed by atoms with Gasteiger partial charge in [0.05, 0.1) is 13.2 Å². The van der Waals surface area contributed by atoms with Gasteiger partial charge in [-0.15, -0.1) is 0 Å². The first-order valence-corrected chi connectivity index (χ1v) is 6.22. The predicted octanol–water partition coefficient (Wildman–Crippen LogP) is 2.95. The van der Waals surface area contributed by atoms with Crippen molar-refractivity contribution in [1.29, 1.82) is 0 Å². The molecule has 19 heavy (non-hydrogen) atoms. The fourth-order valence-electron chi connectivity index (χ4n) is 2.26. The molecule has 0 aliphatic carbocycles. The smallest absolute Gasteiger partial charge is 0.372 e. The lowest BCUT2D eigenvalue weighted by atomic mass is 9.98. The molecule has 1 unspecified atom stereocenters. The molecule has 1 heterocycles. The van der Waals surface area contributed by atoms with E-state index < -0.39 is 12.6 Å². The number of nitrogens with two attached hydrogens (primary N) is 1. The van der Waals surface area contributed by atoms with Gasteiger partial charge in [0.1, 0.15) is 0 Å². The van der Waals surface area contributed by atoms with Crippen LogP contribution in [0.1, 0.15) is 42.0 Å². The molecule has 1 aromatic carbocycles. The Kier molecular flexibility index (Phi) is 4.44. The van der Waals surface area contributed by atoms with Crippen LogP contribution in [0.25, 0.3) is 0 Å². The second-order valence-electron chi connectivity index (χ2n) is 4.75. The summed E-state index contributed by atoms with van der Waals surface area (Å²) in [5, 5.41) is 0. The van der Waals surface area contributed by atoms with Crippen molar-refractivity contribution in [2.24, 2.45) is 5.84 Å². The molecule has 0 fully saturated rings. The van der Waals surface area contributed by atoms with E-state index in [-0.39, 0.29) is 12.5 Å². The summed E-state index contributed by atoms with van der Waals surface area (Å²) < 4.78 is 41.7. The van der Waals surface area contributed by atoms with Gasteiger partial charge in [0.2, 0.25) is 0 Å². The van der Waals surface area contributed by atoms with Gasteiger partial charge >= 0.3 is 6.18 Å². The molecule has 0 saturated carbocycles. The number of hydrogen-bond donors (Lipinski definition) is 2. The maximum Gasteiger partial charge on any atom is 0.389 e. The van der Waals surface area contributed by atoms with Gasteiger partial charge in [0, 0.05) is 12.5 Å². The quantitative estimate of drug-likeness (QED) is 0.641. The zero-order valence-corrected chi connectivity index (χ0v) is 10.5. The summed E-state index contributed by atoms with van der Waals surface area (Å²) in [6.45, 7) is 1.16. The molecular formula is C13H17F3N2O. The standard InChI is InChI=1S/C13H17F3N2O/c14-13(15,16)5-1-2-12(18-17)9-3-4-10-7-19-8-11(10)6-9/h3-4,6,12,18H,1-2,5,7-8,17H2. The molecule has 0 aromatic heterocycles. The van der Waals surface area contributed by atoms with Crippen molar-refractivity contribution in [2.45, 2.75) is 44.7 Å². The molecule has 3 nitrogen and oxygen atoms in total. The van der Waals surface area contributed by atoms with Gasteiger partial charge in [-0.3, -0.25) is 11.3 Å². The highest BCUT2D eigenvalue weighted by Gasteiger charge is 2.27. The topological polar surface area (TPSA) is 47.3 Å². The van der Waals surface area contributed by atoms with E-state index in [2.05, 4.69) is 5.43 Å². The van der Waals surface area contributed by atoms with E-state index in [4.69, 9.17) is 10.6 Å². The average molecular weight is 274 g/mol. The Morgan fingerprint density at radius 2 is 2.00 bits per heavy atom. The highest BCUT2D eigenvalue weighted by atomic mass is 19.4. The van der Waals surface area contributed by atoms with E-state index in [1.807, 2.05) is 18.2 Å². The number of rotatable bonds is 5. The highest BCUT2D eigenvalue weighted by Crippen LogP contribution is 2.28. The van der Waals surface area contributed by atoms with E-state index in [9.17, 15) is 13.2 Å². The van der Waals surface area contributed by atoms with Gasteiger partial charge in [-0.2, -0.15) is 13.2 Å². The van der Waals surface area contributed by atoms with Crippen LogP contribution in [0.2, 0.25) is 0 Å². The van der Waals surface area contributed by atoms with Crippen LogP contribution >= 0.6 is 0 Å². The molecule has 3 N–H and O–H groups in total. The number of halogens is 3. The van der Waals surface area contributed by atoms with Crippen LogP contribution in [-0.2, 0) is 18.0 Å². The predicted molar refractivity (Wildman–Crippen MR) is 64.9 cm³/mol. The van der Waals surface area contributed by atoms with Crippen LogP contribution in [-0.4, -0.2) is 6.18 Å². The fourth-order valence-corrected chi connectivity index (χ4v) is 2.26. The normalized spacial score (nSPS) is 16.4. The van der Waals surface area contributed by atoms with Crippen molar-refractivity contribution in [3.05, 3.63) is 34.9 Å². The first-order valence-electron chi connectivity index (χ1n) is 6.22. The largest absolute Gasteiger partial charge is 0.389 e. The third-order valence-electron chi connectivity index (χ3n) is 3.30. The summed E-state index contributed by atoms with van der Waals surface area (Å²) in [4.78, 5) is 0. The summed E-state index contributed by atoms with van der Waals surface area (Å²) >= 11 is 0. The number of hydrogen-bond acceptors (Lipinski definition) is 3. The molecule has 1 aromatic rings. The van der Waals surface area contributed by atoms with Crippen LogP contribution in [0.4, 0.5) is 13.2 Å². The number of benzene rings is 1. The van der Waals surface area contributed by atoms with E-state index in [1.54, 1.807) is 0 Å². The molecule has 1 aliphatic heterocycles. The first-order chi connectivity index (χ1) is 8.99. The van der Waals surface area contributed by atoms with Crippen molar-refractivity contribution in [3.63, 3.8) is 0 Å². The molecule has 0 radical (unpaired) electrons. The minimum Gasteiger partial charge on any atom is -0.372 e. The average Bonchev–Trinajstić information content (AvgIpc) is 2.80. The number of hydrazine groups is 1. The third-order valence-corrected chi connectivity index (χ3v) is 3.30. The number of fused-ring (bicyclic) bond motifs is 1. The minimum atomic E-state index is -4.11. The van der Waals surface area contributed by atoms with Crippen LogP contribution in [0, 0.1) is 0 Å². The summed E-state index contributed by atoms with van der Waals surface area (Å²) in [5.41, 5.74) is 5.72. The maximum atomic E-state index is 12.1. The van der Waals surface area contributed by atoms with E-state index in [0.29, 0.717) is 19.6 Å². The molecule has 0 saturated heterocycles. The van der Waals surface area contributed by atoms with Crippen LogP contribution < -0.4 is 11.3 Å². The zero-order chi connectivity index (χ0) is 13.9. The second kappa shape index (κ2) is 5.90. The minimum absolute atomic E-state index is 0.0615. The van der Waals surface area contributed by atoms with E-state index in [0.717, 1.165) is 16.7 Å². The lowest BCUT2D eigenvalue weighted by Gasteiger charge is -2.17. The number of alkyl halides is 3. The Morgan fingerprint density at radius 3 is 2.68 bits per heavy atom. The fraction of sp³-hybridized carbons (Fsp3) is 0.538. The van der Waals surface area contributed by atoms with Crippen molar-refractivity contribution in [3.8, 4) is 0 Å². The Morgan fingerprint density at radius 1 is 1.26 bits per heavy atom. The van der Waals surface area contributed by atoms with Crippen molar-refractivity contribution in [1.82, 2.24) is 5.43 Å². The van der Waals surface area contributed by atoms with Crippen LogP contribution in [0.5, 0.6) is 0 Å². The van der Waals surface area contributed by atoms with Crippen LogP contribution in [0.3, 0.4) is 0 Å². The van der Waals surface area contributed by atoms with Crippen molar-refractivity contribution in [2.75, 3.05) is 0 Å².